The van der Waals surface area contributed by atoms with Crippen LogP contribution in [0.5, 0.6) is 0 Å². The summed E-state index contributed by atoms with van der Waals surface area (Å²) in [5.41, 5.74) is 2.41. The van der Waals surface area contributed by atoms with Crippen LogP contribution in [0.3, 0.4) is 0 Å². The summed E-state index contributed by atoms with van der Waals surface area (Å²) in [6, 6.07) is 15.2. The van der Waals surface area contributed by atoms with Crippen LogP contribution in [0.25, 0.3) is 0 Å². The molecule has 0 aliphatic rings. The number of hydrogen-bond donors (Lipinski definition) is 1. The van der Waals surface area contributed by atoms with E-state index in [9.17, 15) is 4.79 Å². The van der Waals surface area contributed by atoms with E-state index in [2.05, 4.69) is 15.5 Å². The Morgan fingerprint density at radius 2 is 1.87 bits per heavy atom. The van der Waals surface area contributed by atoms with E-state index in [-0.39, 0.29) is 5.91 Å². The highest BCUT2D eigenvalue weighted by atomic mass is 32.2. The first-order valence-corrected chi connectivity index (χ1v) is 7.94. The van der Waals surface area contributed by atoms with Gasteiger partial charge < -0.3 is 9.88 Å². The lowest BCUT2D eigenvalue weighted by Gasteiger charge is -2.08. The van der Waals surface area contributed by atoms with E-state index in [1.807, 2.05) is 67.1 Å². The quantitative estimate of drug-likeness (QED) is 0.797. The second-order valence-electron chi connectivity index (χ2n) is 5.12. The Morgan fingerprint density at radius 1 is 1.13 bits per heavy atom. The summed E-state index contributed by atoms with van der Waals surface area (Å²) in [7, 11) is 1.90. The molecule has 0 saturated carbocycles. The largest absolute Gasteiger partial charge is 0.322 e. The summed E-state index contributed by atoms with van der Waals surface area (Å²) in [6.45, 7) is 1.93. The van der Waals surface area contributed by atoms with Crippen LogP contribution in [0.2, 0.25) is 0 Å². The Kier molecular flexibility index (Phi) is 4.43. The number of rotatable bonds is 4. The summed E-state index contributed by atoms with van der Waals surface area (Å²) < 4.78 is 1.86. The van der Waals surface area contributed by atoms with Crippen LogP contribution in [-0.2, 0) is 7.05 Å². The van der Waals surface area contributed by atoms with Crippen molar-refractivity contribution >= 4 is 23.4 Å². The molecular weight excluding hydrogens is 308 g/mol. The van der Waals surface area contributed by atoms with Gasteiger partial charge in [-0.1, -0.05) is 18.2 Å². The molecule has 5 nitrogen and oxygen atoms in total. The first-order valence-electron chi connectivity index (χ1n) is 7.12. The van der Waals surface area contributed by atoms with Gasteiger partial charge in [-0.05, 0) is 54.6 Å². The van der Waals surface area contributed by atoms with Crippen molar-refractivity contribution in [3.8, 4) is 0 Å². The van der Waals surface area contributed by atoms with Crippen LogP contribution in [-0.4, -0.2) is 20.7 Å². The highest BCUT2D eigenvalue weighted by Crippen LogP contribution is 2.26. The van der Waals surface area contributed by atoms with E-state index in [0.29, 0.717) is 5.56 Å². The SMILES string of the molecule is Cc1ccccc1C(=O)Nc1ccc(Sc2nncn2C)cc1. The normalized spacial score (nSPS) is 10.5. The lowest BCUT2D eigenvalue weighted by molar-refractivity contribution is 0.102. The van der Waals surface area contributed by atoms with Gasteiger partial charge in [0.2, 0.25) is 0 Å². The second-order valence-corrected chi connectivity index (χ2v) is 6.16. The number of carbonyl (C=O) groups is 1. The van der Waals surface area contributed by atoms with Crippen LogP contribution in [0.15, 0.2) is 64.9 Å². The zero-order chi connectivity index (χ0) is 16.2. The van der Waals surface area contributed by atoms with Crippen LogP contribution < -0.4 is 5.32 Å². The van der Waals surface area contributed by atoms with Gasteiger partial charge in [-0.2, -0.15) is 0 Å². The smallest absolute Gasteiger partial charge is 0.255 e. The van der Waals surface area contributed by atoms with Crippen molar-refractivity contribution in [2.45, 2.75) is 17.0 Å². The fourth-order valence-corrected chi connectivity index (χ4v) is 2.86. The molecule has 0 bridgehead atoms. The summed E-state index contributed by atoms with van der Waals surface area (Å²) in [6.07, 6.45) is 1.67. The average molecular weight is 324 g/mol. The van der Waals surface area contributed by atoms with Crippen molar-refractivity contribution in [1.29, 1.82) is 0 Å². The van der Waals surface area contributed by atoms with Crippen LogP contribution in [0.4, 0.5) is 5.69 Å². The number of aryl methyl sites for hydroxylation is 2. The first-order chi connectivity index (χ1) is 11.1. The highest BCUT2D eigenvalue weighted by Gasteiger charge is 2.09. The molecule has 3 aromatic rings. The first kappa shape index (κ1) is 15.3. The maximum absolute atomic E-state index is 12.3. The van der Waals surface area contributed by atoms with Gasteiger partial charge in [-0.15, -0.1) is 10.2 Å². The highest BCUT2D eigenvalue weighted by molar-refractivity contribution is 7.99. The Hall–Kier alpha value is -2.60. The number of hydrogen-bond acceptors (Lipinski definition) is 4. The Balaban J connectivity index is 1.69. The van der Waals surface area contributed by atoms with Crippen LogP contribution in [0.1, 0.15) is 15.9 Å². The topological polar surface area (TPSA) is 59.8 Å². The van der Waals surface area contributed by atoms with Crippen molar-refractivity contribution in [3.05, 3.63) is 66.0 Å². The lowest BCUT2D eigenvalue weighted by atomic mass is 10.1. The third-order valence-electron chi connectivity index (χ3n) is 3.38. The summed E-state index contributed by atoms with van der Waals surface area (Å²) in [5.74, 6) is -0.100. The molecule has 0 fully saturated rings. The number of benzene rings is 2. The molecule has 0 atom stereocenters. The van der Waals surface area contributed by atoms with E-state index < -0.39 is 0 Å². The molecule has 1 aromatic heterocycles. The summed E-state index contributed by atoms with van der Waals surface area (Å²) in [5, 5.41) is 11.6. The Bertz CT molecular complexity index is 827. The Labute approximate surface area is 138 Å². The van der Waals surface area contributed by atoms with Gasteiger partial charge in [-0.3, -0.25) is 4.79 Å². The van der Waals surface area contributed by atoms with E-state index in [1.165, 1.54) is 11.8 Å². The number of aromatic nitrogens is 3. The molecule has 3 rings (SSSR count). The van der Waals surface area contributed by atoms with Crippen molar-refractivity contribution in [2.75, 3.05) is 5.32 Å². The number of carbonyl (C=O) groups excluding carboxylic acids is 1. The van der Waals surface area contributed by atoms with Crippen molar-refractivity contribution < 1.29 is 4.79 Å². The number of amides is 1. The zero-order valence-corrected chi connectivity index (χ0v) is 13.7. The van der Waals surface area contributed by atoms with Gasteiger partial charge >= 0.3 is 0 Å². The van der Waals surface area contributed by atoms with Gasteiger partial charge in [0.15, 0.2) is 5.16 Å². The maximum atomic E-state index is 12.3. The van der Waals surface area contributed by atoms with Crippen LogP contribution >= 0.6 is 11.8 Å². The minimum Gasteiger partial charge on any atom is -0.322 e. The maximum Gasteiger partial charge on any atom is 0.255 e. The predicted molar refractivity (Wildman–Crippen MR) is 90.7 cm³/mol. The fourth-order valence-electron chi connectivity index (χ4n) is 2.10. The second kappa shape index (κ2) is 6.66. The molecule has 0 radical (unpaired) electrons. The van der Waals surface area contributed by atoms with E-state index in [0.717, 1.165) is 21.3 Å². The molecule has 1 amide bonds. The fraction of sp³-hybridized carbons (Fsp3) is 0.118. The molecule has 1 heterocycles. The van der Waals surface area contributed by atoms with E-state index >= 15 is 0 Å². The van der Waals surface area contributed by atoms with E-state index in [4.69, 9.17) is 0 Å². The van der Waals surface area contributed by atoms with Crippen molar-refractivity contribution in [1.82, 2.24) is 14.8 Å². The predicted octanol–water partition coefficient (Wildman–Crippen LogP) is 3.53. The molecule has 116 valence electrons. The third kappa shape index (κ3) is 3.60. The third-order valence-corrected chi connectivity index (χ3v) is 4.44. The van der Waals surface area contributed by atoms with E-state index in [1.54, 1.807) is 6.33 Å². The summed E-state index contributed by atoms with van der Waals surface area (Å²) >= 11 is 1.52. The molecule has 0 spiro atoms. The van der Waals surface area contributed by atoms with Gasteiger partial charge in [-0.25, -0.2) is 0 Å². The number of anilines is 1. The molecule has 23 heavy (non-hydrogen) atoms. The molecule has 0 unspecified atom stereocenters. The summed E-state index contributed by atoms with van der Waals surface area (Å²) in [4.78, 5) is 13.3. The minimum absolute atomic E-state index is 0.100. The zero-order valence-electron chi connectivity index (χ0n) is 12.9. The lowest BCUT2D eigenvalue weighted by Crippen LogP contribution is -2.13. The minimum atomic E-state index is -0.100. The van der Waals surface area contributed by atoms with Gasteiger partial charge in [0.1, 0.15) is 6.33 Å². The van der Waals surface area contributed by atoms with Crippen LogP contribution in [0, 0.1) is 6.92 Å². The molecule has 0 saturated heterocycles. The van der Waals surface area contributed by atoms with Gasteiger partial charge in [0.25, 0.3) is 5.91 Å². The monoisotopic (exact) mass is 324 g/mol. The molecule has 0 aliphatic heterocycles. The molecular formula is C17H16N4OS. The average Bonchev–Trinajstić information content (AvgIpc) is 2.95. The van der Waals surface area contributed by atoms with Crippen molar-refractivity contribution in [2.24, 2.45) is 7.05 Å². The molecule has 1 N–H and O–H groups in total. The van der Waals surface area contributed by atoms with Crippen molar-refractivity contribution in [3.63, 3.8) is 0 Å². The van der Waals surface area contributed by atoms with Gasteiger partial charge in [0, 0.05) is 23.2 Å². The number of nitrogens with zero attached hydrogens (tertiary/aromatic N) is 3. The molecule has 2 aromatic carbocycles. The number of nitrogens with one attached hydrogen (secondary N) is 1. The molecule has 0 aliphatic carbocycles. The standard InChI is InChI=1S/C17H16N4OS/c1-12-5-3-4-6-15(12)16(22)19-13-7-9-14(10-8-13)23-17-20-18-11-21(17)2/h3-11H,1-2H3,(H,19,22). The van der Waals surface area contributed by atoms with Gasteiger partial charge in [0.05, 0.1) is 0 Å². The molecule has 6 heteroatoms. The Morgan fingerprint density at radius 3 is 2.52 bits per heavy atom.